The van der Waals surface area contributed by atoms with Crippen LogP contribution in [0.4, 0.5) is 0 Å². The minimum absolute atomic E-state index is 0.180. The maximum Gasteiger partial charge on any atom is 0.224 e. The van der Waals surface area contributed by atoms with E-state index in [9.17, 15) is 4.79 Å². The SMILES string of the molecule is CCNC(=NCc1ccc(CN2CCN(C)CC2)cc1)NCCC(=O)N(CC)CC. The minimum atomic E-state index is 0.180. The molecule has 0 spiro atoms. The molecular weight excluding hydrogens is 376 g/mol. The number of hydrogen-bond donors (Lipinski definition) is 2. The van der Waals surface area contributed by atoms with Gasteiger partial charge in [0.15, 0.2) is 5.96 Å². The predicted octanol–water partition coefficient (Wildman–Crippen LogP) is 1.75. The van der Waals surface area contributed by atoms with Gasteiger partial charge in [-0.15, -0.1) is 0 Å². The van der Waals surface area contributed by atoms with Crippen molar-refractivity contribution in [3.8, 4) is 0 Å². The maximum atomic E-state index is 12.1. The largest absolute Gasteiger partial charge is 0.357 e. The Morgan fingerprint density at radius 1 is 1.00 bits per heavy atom. The third-order valence-corrected chi connectivity index (χ3v) is 5.54. The van der Waals surface area contributed by atoms with E-state index >= 15 is 0 Å². The van der Waals surface area contributed by atoms with Crippen LogP contribution in [0.25, 0.3) is 0 Å². The van der Waals surface area contributed by atoms with Crippen molar-refractivity contribution in [3.63, 3.8) is 0 Å². The van der Waals surface area contributed by atoms with Gasteiger partial charge in [-0.2, -0.15) is 0 Å². The van der Waals surface area contributed by atoms with Crippen LogP contribution in [-0.2, 0) is 17.9 Å². The van der Waals surface area contributed by atoms with Crippen molar-refractivity contribution in [1.29, 1.82) is 0 Å². The molecule has 0 radical (unpaired) electrons. The summed E-state index contributed by atoms with van der Waals surface area (Å²) in [6.07, 6.45) is 0.479. The normalized spacial score (nSPS) is 15.8. The molecule has 1 amide bonds. The molecule has 0 bridgehead atoms. The highest BCUT2D eigenvalue weighted by Crippen LogP contribution is 2.10. The van der Waals surface area contributed by atoms with Crippen molar-refractivity contribution in [2.75, 3.05) is 59.4 Å². The van der Waals surface area contributed by atoms with Gasteiger partial charge in [0.2, 0.25) is 5.91 Å². The molecule has 1 heterocycles. The molecule has 0 aromatic heterocycles. The van der Waals surface area contributed by atoms with Crippen LogP contribution >= 0.6 is 0 Å². The second kappa shape index (κ2) is 13.2. The second-order valence-electron chi connectivity index (χ2n) is 7.83. The van der Waals surface area contributed by atoms with Gasteiger partial charge in [-0.1, -0.05) is 24.3 Å². The lowest BCUT2D eigenvalue weighted by atomic mass is 10.1. The number of guanidine groups is 1. The first-order valence-corrected chi connectivity index (χ1v) is 11.3. The molecule has 1 fully saturated rings. The quantitative estimate of drug-likeness (QED) is 0.449. The van der Waals surface area contributed by atoms with E-state index in [0.717, 1.165) is 58.3 Å². The molecular formula is C23H40N6O. The van der Waals surface area contributed by atoms with Gasteiger partial charge in [-0.3, -0.25) is 9.69 Å². The van der Waals surface area contributed by atoms with Crippen molar-refractivity contribution >= 4 is 11.9 Å². The van der Waals surface area contributed by atoms with E-state index in [1.165, 1.54) is 11.1 Å². The number of likely N-dealkylation sites (N-methyl/N-ethyl adjacent to an activating group) is 1. The summed E-state index contributed by atoms with van der Waals surface area (Å²) in [6, 6.07) is 8.77. The summed E-state index contributed by atoms with van der Waals surface area (Å²) in [5.74, 6) is 0.936. The number of hydrogen-bond acceptors (Lipinski definition) is 4. The summed E-state index contributed by atoms with van der Waals surface area (Å²) in [5.41, 5.74) is 2.54. The number of amides is 1. The zero-order chi connectivity index (χ0) is 21.8. The van der Waals surface area contributed by atoms with E-state index in [1.54, 1.807) is 0 Å². The Kier molecular flexibility index (Phi) is 10.7. The molecule has 0 unspecified atom stereocenters. The molecule has 30 heavy (non-hydrogen) atoms. The van der Waals surface area contributed by atoms with Crippen molar-refractivity contribution < 1.29 is 4.79 Å². The van der Waals surface area contributed by atoms with Crippen molar-refractivity contribution in [2.45, 2.75) is 40.3 Å². The topological polar surface area (TPSA) is 63.2 Å². The van der Waals surface area contributed by atoms with Crippen molar-refractivity contribution in [3.05, 3.63) is 35.4 Å². The minimum Gasteiger partial charge on any atom is -0.357 e. The van der Waals surface area contributed by atoms with E-state index in [0.29, 0.717) is 19.5 Å². The number of carbonyl (C=O) groups is 1. The standard InChI is InChI=1S/C23H40N6O/c1-5-24-23(25-13-12-22(30)29(6-2)7-3)26-18-20-8-10-21(11-9-20)19-28-16-14-27(4)15-17-28/h8-11H,5-7,12-19H2,1-4H3,(H2,24,25,26). The summed E-state index contributed by atoms with van der Waals surface area (Å²) in [4.78, 5) is 23.6. The fourth-order valence-corrected chi connectivity index (χ4v) is 3.55. The Balaban J connectivity index is 1.81. The lowest BCUT2D eigenvalue weighted by Crippen LogP contribution is -2.43. The molecule has 7 heteroatoms. The predicted molar refractivity (Wildman–Crippen MR) is 125 cm³/mol. The molecule has 0 atom stereocenters. The third-order valence-electron chi connectivity index (χ3n) is 5.54. The summed E-state index contributed by atoms with van der Waals surface area (Å²) < 4.78 is 0. The first kappa shape index (κ1) is 24.2. The fourth-order valence-electron chi connectivity index (χ4n) is 3.55. The first-order chi connectivity index (χ1) is 14.5. The number of carbonyl (C=O) groups excluding carboxylic acids is 1. The molecule has 1 saturated heterocycles. The Labute approximate surface area is 182 Å². The van der Waals surface area contributed by atoms with Crippen molar-refractivity contribution in [1.82, 2.24) is 25.3 Å². The average molecular weight is 417 g/mol. The van der Waals surface area contributed by atoms with Crippen LogP contribution < -0.4 is 10.6 Å². The average Bonchev–Trinajstić information content (AvgIpc) is 2.75. The van der Waals surface area contributed by atoms with Crippen molar-refractivity contribution in [2.24, 2.45) is 4.99 Å². The van der Waals surface area contributed by atoms with E-state index in [2.05, 4.69) is 56.7 Å². The van der Waals surface area contributed by atoms with Gasteiger partial charge < -0.3 is 20.4 Å². The number of nitrogens with zero attached hydrogens (tertiary/aromatic N) is 4. The van der Waals surface area contributed by atoms with Gasteiger partial charge in [-0.25, -0.2) is 4.99 Å². The third kappa shape index (κ3) is 8.32. The summed E-state index contributed by atoms with van der Waals surface area (Å²) in [6.45, 7) is 15.2. The number of nitrogens with one attached hydrogen (secondary N) is 2. The Hall–Kier alpha value is -2.12. The highest BCUT2D eigenvalue weighted by atomic mass is 16.2. The molecule has 7 nitrogen and oxygen atoms in total. The highest BCUT2D eigenvalue weighted by Gasteiger charge is 2.13. The Morgan fingerprint density at radius 3 is 2.23 bits per heavy atom. The summed E-state index contributed by atoms with van der Waals surface area (Å²) in [5, 5.41) is 6.53. The number of benzene rings is 1. The second-order valence-corrected chi connectivity index (χ2v) is 7.83. The number of aliphatic imine (C=N–C) groups is 1. The first-order valence-electron chi connectivity index (χ1n) is 11.3. The van der Waals surface area contributed by atoms with E-state index in [-0.39, 0.29) is 5.91 Å². The van der Waals surface area contributed by atoms with Gasteiger partial charge in [-0.05, 0) is 38.9 Å². The number of piperazine rings is 1. The van der Waals surface area contributed by atoms with Crippen LogP contribution in [-0.4, -0.2) is 86.0 Å². The summed E-state index contributed by atoms with van der Waals surface area (Å²) >= 11 is 0. The molecule has 1 aliphatic heterocycles. The monoisotopic (exact) mass is 416 g/mol. The van der Waals surface area contributed by atoms with Gasteiger partial charge in [0.05, 0.1) is 6.54 Å². The zero-order valence-electron chi connectivity index (χ0n) is 19.3. The van der Waals surface area contributed by atoms with Crippen LogP contribution in [0.2, 0.25) is 0 Å². The van der Waals surface area contributed by atoms with Gasteiger partial charge in [0.25, 0.3) is 0 Å². The van der Waals surface area contributed by atoms with Gasteiger partial charge in [0, 0.05) is 65.3 Å². The molecule has 1 aromatic carbocycles. The number of rotatable bonds is 10. The molecule has 1 aromatic rings. The van der Waals surface area contributed by atoms with Crippen LogP contribution in [0.5, 0.6) is 0 Å². The lowest BCUT2D eigenvalue weighted by molar-refractivity contribution is -0.130. The smallest absolute Gasteiger partial charge is 0.224 e. The fraction of sp³-hybridized carbons (Fsp3) is 0.652. The molecule has 0 saturated carbocycles. The molecule has 2 rings (SSSR count). The molecule has 0 aliphatic carbocycles. The van der Waals surface area contributed by atoms with Gasteiger partial charge in [0.1, 0.15) is 0 Å². The Bertz CT molecular complexity index is 648. The van der Waals surface area contributed by atoms with Crippen LogP contribution in [0, 0.1) is 0 Å². The van der Waals surface area contributed by atoms with E-state index in [1.807, 2.05) is 25.7 Å². The zero-order valence-corrected chi connectivity index (χ0v) is 19.3. The van der Waals surface area contributed by atoms with E-state index in [4.69, 9.17) is 0 Å². The van der Waals surface area contributed by atoms with Gasteiger partial charge >= 0.3 is 0 Å². The van der Waals surface area contributed by atoms with Crippen LogP contribution in [0.1, 0.15) is 38.3 Å². The highest BCUT2D eigenvalue weighted by molar-refractivity contribution is 5.81. The molecule has 1 aliphatic rings. The Morgan fingerprint density at radius 2 is 1.63 bits per heavy atom. The maximum absolute atomic E-state index is 12.1. The van der Waals surface area contributed by atoms with E-state index < -0.39 is 0 Å². The van der Waals surface area contributed by atoms with Crippen LogP contribution in [0.15, 0.2) is 29.3 Å². The van der Waals surface area contributed by atoms with Crippen LogP contribution in [0.3, 0.4) is 0 Å². The lowest BCUT2D eigenvalue weighted by Gasteiger charge is -2.32. The molecule has 2 N–H and O–H groups in total. The molecule has 168 valence electrons. The summed E-state index contributed by atoms with van der Waals surface area (Å²) in [7, 11) is 2.19.